The van der Waals surface area contributed by atoms with Crippen LogP contribution in [0.2, 0.25) is 0 Å². The van der Waals surface area contributed by atoms with E-state index in [0.29, 0.717) is 6.54 Å². The standard InChI is InChI=1S/C18H25N5O2/c1-12-17(13(2)25-21-12)11-22-10-16-5-7-20-23(16)8-6-15(22)9-19-18(24)14-3-4-14/h5,7,14-15H,3-4,6,8-11H2,1-2H3,(H,19,24)/t15-/m0/s1. The fraction of sp³-hybridized carbons (Fsp3) is 0.611. The van der Waals surface area contributed by atoms with E-state index < -0.39 is 0 Å². The third-order valence-electron chi connectivity index (χ3n) is 5.36. The summed E-state index contributed by atoms with van der Waals surface area (Å²) in [5, 5.41) is 11.7. The zero-order chi connectivity index (χ0) is 17.4. The molecule has 0 spiro atoms. The number of carbonyl (C=O) groups excluding carboxylic acids is 1. The van der Waals surface area contributed by atoms with Gasteiger partial charge in [0.2, 0.25) is 5.91 Å². The largest absolute Gasteiger partial charge is 0.361 e. The summed E-state index contributed by atoms with van der Waals surface area (Å²) in [6, 6.07) is 2.35. The van der Waals surface area contributed by atoms with E-state index in [1.165, 1.54) is 5.69 Å². The van der Waals surface area contributed by atoms with Crippen LogP contribution in [-0.4, -0.2) is 38.3 Å². The molecule has 1 N–H and O–H groups in total. The fourth-order valence-corrected chi connectivity index (χ4v) is 3.54. The van der Waals surface area contributed by atoms with Gasteiger partial charge in [0.05, 0.1) is 11.4 Å². The molecule has 1 aliphatic heterocycles. The summed E-state index contributed by atoms with van der Waals surface area (Å²) >= 11 is 0. The lowest BCUT2D eigenvalue weighted by atomic mass is 10.1. The number of nitrogens with one attached hydrogen (secondary N) is 1. The maximum absolute atomic E-state index is 12.1. The number of aryl methyl sites for hydroxylation is 3. The molecule has 1 amide bonds. The number of nitrogens with zero attached hydrogens (tertiary/aromatic N) is 4. The van der Waals surface area contributed by atoms with Gasteiger partial charge in [-0.1, -0.05) is 5.16 Å². The normalized spacial score (nSPS) is 21.0. The first-order valence-corrected chi connectivity index (χ1v) is 9.06. The summed E-state index contributed by atoms with van der Waals surface area (Å²) < 4.78 is 7.40. The first kappa shape index (κ1) is 16.3. The Balaban J connectivity index is 1.51. The molecule has 2 aromatic heterocycles. The predicted octanol–water partition coefficient (Wildman–Crippen LogP) is 1.79. The lowest BCUT2D eigenvalue weighted by Crippen LogP contribution is -2.43. The topological polar surface area (TPSA) is 76.2 Å². The van der Waals surface area contributed by atoms with Crippen molar-refractivity contribution in [3.05, 3.63) is 35.0 Å². The minimum atomic E-state index is 0.208. The molecule has 0 unspecified atom stereocenters. The minimum absolute atomic E-state index is 0.208. The van der Waals surface area contributed by atoms with Crippen LogP contribution in [0.1, 0.15) is 42.0 Å². The number of hydrogen-bond acceptors (Lipinski definition) is 5. The van der Waals surface area contributed by atoms with E-state index in [2.05, 4.69) is 31.2 Å². The highest BCUT2D eigenvalue weighted by atomic mass is 16.5. The summed E-state index contributed by atoms with van der Waals surface area (Å²) in [5.41, 5.74) is 3.30. The van der Waals surface area contributed by atoms with Crippen LogP contribution in [0.5, 0.6) is 0 Å². The molecule has 2 aromatic rings. The molecule has 1 fully saturated rings. The zero-order valence-electron chi connectivity index (χ0n) is 14.9. The molecular weight excluding hydrogens is 318 g/mol. The summed E-state index contributed by atoms with van der Waals surface area (Å²) in [6.45, 7) is 7.09. The van der Waals surface area contributed by atoms with Gasteiger partial charge in [-0.15, -0.1) is 0 Å². The second-order valence-electron chi connectivity index (χ2n) is 7.22. The van der Waals surface area contributed by atoms with Gasteiger partial charge in [0.25, 0.3) is 0 Å². The Bertz CT molecular complexity index is 742. The van der Waals surface area contributed by atoms with Crippen molar-refractivity contribution < 1.29 is 9.32 Å². The molecule has 134 valence electrons. The quantitative estimate of drug-likeness (QED) is 0.896. The Morgan fingerprint density at radius 1 is 1.36 bits per heavy atom. The highest BCUT2D eigenvalue weighted by Gasteiger charge is 2.31. The van der Waals surface area contributed by atoms with E-state index in [4.69, 9.17) is 4.52 Å². The maximum atomic E-state index is 12.1. The van der Waals surface area contributed by atoms with E-state index in [1.807, 2.05) is 20.0 Å². The summed E-state index contributed by atoms with van der Waals surface area (Å²) in [7, 11) is 0. The van der Waals surface area contributed by atoms with Gasteiger partial charge in [-0.05, 0) is 39.2 Å². The van der Waals surface area contributed by atoms with Crippen LogP contribution in [0.15, 0.2) is 16.8 Å². The third kappa shape index (κ3) is 3.46. The molecule has 25 heavy (non-hydrogen) atoms. The molecule has 1 saturated carbocycles. The zero-order valence-corrected chi connectivity index (χ0v) is 14.9. The smallest absolute Gasteiger partial charge is 0.223 e. The highest BCUT2D eigenvalue weighted by molar-refractivity contribution is 5.80. The Hall–Kier alpha value is -2.15. The average Bonchev–Trinajstić information content (AvgIpc) is 3.33. The van der Waals surface area contributed by atoms with E-state index >= 15 is 0 Å². The Morgan fingerprint density at radius 2 is 2.20 bits per heavy atom. The van der Waals surface area contributed by atoms with Crippen molar-refractivity contribution in [2.75, 3.05) is 6.54 Å². The predicted molar refractivity (Wildman–Crippen MR) is 91.6 cm³/mol. The monoisotopic (exact) mass is 343 g/mol. The number of aromatic nitrogens is 3. The summed E-state index contributed by atoms with van der Waals surface area (Å²) in [5.74, 6) is 1.33. The summed E-state index contributed by atoms with van der Waals surface area (Å²) in [6.07, 6.45) is 4.89. The van der Waals surface area contributed by atoms with Crippen molar-refractivity contribution in [3.8, 4) is 0 Å². The van der Waals surface area contributed by atoms with Crippen molar-refractivity contribution in [1.82, 2.24) is 25.2 Å². The fourth-order valence-electron chi connectivity index (χ4n) is 3.54. The second kappa shape index (κ2) is 6.63. The Labute approximate surface area is 147 Å². The Morgan fingerprint density at radius 3 is 2.92 bits per heavy atom. The molecule has 2 aliphatic rings. The van der Waals surface area contributed by atoms with Crippen LogP contribution in [0.4, 0.5) is 0 Å². The van der Waals surface area contributed by atoms with Gasteiger partial charge in [0.15, 0.2) is 0 Å². The van der Waals surface area contributed by atoms with E-state index in [9.17, 15) is 4.79 Å². The molecule has 0 aromatic carbocycles. The van der Waals surface area contributed by atoms with Crippen LogP contribution < -0.4 is 5.32 Å². The van der Waals surface area contributed by atoms with Crippen LogP contribution in [-0.2, 0) is 24.4 Å². The average molecular weight is 343 g/mol. The molecule has 7 heteroatoms. The molecule has 0 radical (unpaired) electrons. The number of hydrogen-bond donors (Lipinski definition) is 1. The van der Waals surface area contributed by atoms with Gasteiger partial charge < -0.3 is 9.84 Å². The highest BCUT2D eigenvalue weighted by Crippen LogP contribution is 2.29. The molecule has 0 saturated heterocycles. The minimum Gasteiger partial charge on any atom is -0.361 e. The van der Waals surface area contributed by atoms with E-state index in [1.54, 1.807) is 0 Å². The molecule has 4 rings (SSSR count). The Kier molecular flexibility index (Phi) is 4.33. The van der Waals surface area contributed by atoms with Crippen LogP contribution in [0.25, 0.3) is 0 Å². The maximum Gasteiger partial charge on any atom is 0.223 e. The number of fused-ring (bicyclic) bond motifs is 1. The van der Waals surface area contributed by atoms with Crippen molar-refractivity contribution >= 4 is 5.91 Å². The van der Waals surface area contributed by atoms with Crippen LogP contribution in [0.3, 0.4) is 0 Å². The van der Waals surface area contributed by atoms with Crippen LogP contribution >= 0.6 is 0 Å². The lowest BCUT2D eigenvalue weighted by molar-refractivity contribution is -0.122. The summed E-state index contributed by atoms with van der Waals surface area (Å²) in [4.78, 5) is 14.5. The van der Waals surface area contributed by atoms with Gasteiger partial charge in [0, 0.05) is 49.9 Å². The molecule has 1 aliphatic carbocycles. The van der Waals surface area contributed by atoms with Crippen molar-refractivity contribution in [3.63, 3.8) is 0 Å². The molecule has 1 atom stereocenters. The van der Waals surface area contributed by atoms with Crippen molar-refractivity contribution in [2.24, 2.45) is 5.92 Å². The van der Waals surface area contributed by atoms with Crippen molar-refractivity contribution in [1.29, 1.82) is 0 Å². The number of carbonyl (C=O) groups is 1. The molecular formula is C18H25N5O2. The van der Waals surface area contributed by atoms with Crippen molar-refractivity contribution in [2.45, 2.75) is 58.8 Å². The van der Waals surface area contributed by atoms with Gasteiger partial charge in [-0.2, -0.15) is 5.10 Å². The van der Waals surface area contributed by atoms with E-state index in [-0.39, 0.29) is 17.9 Å². The van der Waals surface area contributed by atoms with E-state index in [0.717, 1.165) is 55.9 Å². The van der Waals surface area contributed by atoms with Gasteiger partial charge >= 0.3 is 0 Å². The molecule has 3 heterocycles. The number of rotatable bonds is 5. The van der Waals surface area contributed by atoms with Crippen LogP contribution in [0, 0.1) is 19.8 Å². The second-order valence-corrected chi connectivity index (χ2v) is 7.22. The first-order chi connectivity index (χ1) is 12.1. The molecule has 0 bridgehead atoms. The molecule has 7 nitrogen and oxygen atoms in total. The van der Waals surface area contributed by atoms with Gasteiger partial charge in [0.1, 0.15) is 5.76 Å². The number of amides is 1. The van der Waals surface area contributed by atoms with Gasteiger partial charge in [-0.25, -0.2) is 0 Å². The third-order valence-corrected chi connectivity index (χ3v) is 5.36. The SMILES string of the molecule is Cc1noc(C)c1CN1Cc2ccnn2CC[C@H]1CNC(=O)C1CC1. The van der Waals surface area contributed by atoms with Gasteiger partial charge in [-0.3, -0.25) is 14.4 Å². The first-order valence-electron chi connectivity index (χ1n) is 9.06. The lowest BCUT2D eigenvalue weighted by Gasteiger charge is -2.29.